The summed E-state index contributed by atoms with van der Waals surface area (Å²) in [6.45, 7) is 2.89. The van der Waals surface area contributed by atoms with Gasteiger partial charge < -0.3 is 10.2 Å². The lowest BCUT2D eigenvalue weighted by atomic mass is 10.1. The van der Waals surface area contributed by atoms with Crippen LogP contribution in [0.3, 0.4) is 0 Å². The quantitative estimate of drug-likeness (QED) is 0.746. The SMILES string of the molecule is CC(NCc1csc(N(C)C)n1)c1ccc(-n2cnnn2)cc1. The summed E-state index contributed by atoms with van der Waals surface area (Å²) in [7, 11) is 4.01. The minimum absolute atomic E-state index is 0.238. The van der Waals surface area contributed by atoms with Crippen LogP contribution < -0.4 is 10.2 Å². The van der Waals surface area contributed by atoms with Gasteiger partial charge in [0.25, 0.3) is 0 Å². The number of aromatic nitrogens is 5. The maximum atomic E-state index is 4.58. The van der Waals surface area contributed by atoms with Crippen LogP contribution in [0.5, 0.6) is 0 Å². The molecule has 1 aromatic carbocycles. The molecule has 0 bridgehead atoms. The fourth-order valence-electron chi connectivity index (χ4n) is 2.15. The molecule has 2 heterocycles. The van der Waals surface area contributed by atoms with Crippen molar-refractivity contribution in [2.24, 2.45) is 0 Å². The Kier molecular flexibility index (Phi) is 4.63. The van der Waals surface area contributed by atoms with Crippen molar-refractivity contribution in [3.8, 4) is 5.69 Å². The maximum Gasteiger partial charge on any atom is 0.185 e. The first-order valence-electron chi connectivity index (χ1n) is 7.32. The smallest absolute Gasteiger partial charge is 0.185 e. The van der Waals surface area contributed by atoms with Gasteiger partial charge >= 0.3 is 0 Å². The van der Waals surface area contributed by atoms with Gasteiger partial charge in [0.15, 0.2) is 5.13 Å². The van der Waals surface area contributed by atoms with Crippen molar-refractivity contribution in [1.82, 2.24) is 30.5 Å². The van der Waals surface area contributed by atoms with Gasteiger partial charge in [-0.2, -0.15) is 0 Å². The second-order valence-corrected chi connectivity index (χ2v) is 6.30. The van der Waals surface area contributed by atoms with E-state index in [1.54, 1.807) is 22.3 Å². The van der Waals surface area contributed by atoms with Gasteiger partial charge in [-0.3, -0.25) is 0 Å². The zero-order valence-corrected chi connectivity index (χ0v) is 14.2. The van der Waals surface area contributed by atoms with Crippen LogP contribution in [0, 0.1) is 0 Å². The number of rotatable bonds is 6. The lowest BCUT2D eigenvalue weighted by Gasteiger charge is -2.14. The molecule has 1 atom stereocenters. The van der Waals surface area contributed by atoms with Crippen molar-refractivity contribution in [2.45, 2.75) is 19.5 Å². The number of thiazole rings is 1. The standard InChI is InChI=1S/C15H19N7S/c1-11(16-8-13-9-23-15(18-13)21(2)3)12-4-6-14(7-5-12)22-10-17-19-20-22/h4-7,9-11,16H,8H2,1-3H3. The summed E-state index contributed by atoms with van der Waals surface area (Å²) in [5, 5.41) is 17.8. The normalized spacial score (nSPS) is 12.3. The zero-order valence-electron chi connectivity index (χ0n) is 13.3. The van der Waals surface area contributed by atoms with E-state index >= 15 is 0 Å². The molecule has 23 heavy (non-hydrogen) atoms. The Hall–Kier alpha value is -2.32. The summed E-state index contributed by atoms with van der Waals surface area (Å²) in [5.41, 5.74) is 3.22. The molecule has 3 aromatic rings. The number of anilines is 1. The molecule has 1 N–H and O–H groups in total. The van der Waals surface area contributed by atoms with Gasteiger partial charge in [-0.05, 0) is 35.0 Å². The van der Waals surface area contributed by atoms with E-state index in [0.717, 1.165) is 23.1 Å². The van der Waals surface area contributed by atoms with Crippen LogP contribution in [0.25, 0.3) is 5.69 Å². The molecule has 0 aliphatic carbocycles. The minimum atomic E-state index is 0.238. The highest BCUT2D eigenvalue weighted by molar-refractivity contribution is 7.13. The van der Waals surface area contributed by atoms with Crippen LogP contribution in [0.2, 0.25) is 0 Å². The van der Waals surface area contributed by atoms with E-state index in [1.807, 2.05) is 31.1 Å². The molecule has 0 radical (unpaired) electrons. The third-order valence-electron chi connectivity index (χ3n) is 3.52. The lowest BCUT2D eigenvalue weighted by molar-refractivity contribution is 0.569. The third-order valence-corrected chi connectivity index (χ3v) is 4.58. The van der Waals surface area contributed by atoms with Crippen LogP contribution in [-0.2, 0) is 6.54 Å². The van der Waals surface area contributed by atoms with Gasteiger partial charge in [0, 0.05) is 32.1 Å². The van der Waals surface area contributed by atoms with Gasteiger partial charge in [-0.25, -0.2) is 9.67 Å². The average molecular weight is 329 g/mol. The number of hydrogen-bond acceptors (Lipinski definition) is 7. The molecule has 120 valence electrons. The second-order valence-electron chi connectivity index (χ2n) is 5.46. The molecule has 0 spiro atoms. The van der Waals surface area contributed by atoms with Gasteiger partial charge in [-0.15, -0.1) is 16.4 Å². The predicted octanol–water partition coefficient (Wildman–Crippen LogP) is 2.04. The summed E-state index contributed by atoms with van der Waals surface area (Å²) in [6, 6.07) is 8.43. The Morgan fingerprint density at radius 1 is 1.26 bits per heavy atom. The summed E-state index contributed by atoms with van der Waals surface area (Å²) in [4.78, 5) is 6.60. The van der Waals surface area contributed by atoms with E-state index in [9.17, 15) is 0 Å². The summed E-state index contributed by atoms with van der Waals surface area (Å²) < 4.78 is 1.64. The first kappa shape index (κ1) is 15.6. The second kappa shape index (κ2) is 6.84. The highest BCUT2D eigenvalue weighted by atomic mass is 32.1. The van der Waals surface area contributed by atoms with Crippen molar-refractivity contribution in [3.63, 3.8) is 0 Å². The first-order valence-corrected chi connectivity index (χ1v) is 8.20. The molecule has 0 aliphatic heterocycles. The van der Waals surface area contributed by atoms with Crippen molar-refractivity contribution in [1.29, 1.82) is 0 Å². The summed E-state index contributed by atoms with van der Waals surface area (Å²) in [5.74, 6) is 0. The van der Waals surface area contributed by atoms with Crippen LogP contribution in [0.15, 0.2) is 36.0 Å². The Morgan fingerprint density at radius 2 is 2.04 bits per heavy atom. The zero-order chi connectivity index (χ0) is 16.2. The Labute approximate surface area is 139 Å². The molecular formula is C15H19N7S. The fraction of sp³-hybridized carbons (Fsp3) is 0.333. The van der Waals surface area contributed by atoms with Gasteiger partial charge in [0.05, 0.1) is 11.4 Å². The monoisotopic (exact) mass is 329 g/mol. The van der Waals surface area contributed by atoms with Crippen molar-refractivity contribution < 1.29 is 0 Å². The highest BCUT2D eigenvalue weighted by Crippen LogP contribution is 2.19. The number of tetrazole rings is 1. The van der Waals surface area contributed by atoms with E-state index in [-0.39, 0.29) is 6.04 Å². The van der Waals surface area contributed by atoms with E-state index in [2.05, 4.69) is 50.3 Å². The van der Waals surface area contributed by atoms with E-state index in [4.69, 9.17) is 0 Å². The van der Waals surface area contributed by atoms with Crippen molar-refractivity contribution in [2.75, 3.05) is 19.0 Å². The van der Waals surface area contributed by atoms with E-state index in [0.29, 0.717) is 0 Å². The molecule has 0 saturated heterocycles. The molecule has 0 fully saturated rings. The van der Waals surface area contributed by atoms with Crippen molar-refractivity contribution >= 4 is 16.5 Å². The molecule has 0 saturated carbocycles. The van der Waals surface area contributed by atoms with E-state index < -0.39 is 0 Å². The topological polar surface area (TPSA) is 71.8 Å². The first-order chi connectivity index (χ1) is 11.1. The predicted molar refractivity (Wildman–Crippen MR) is 90.8 cm³/mol. The largest absolute Gasteiger partial charge is 0.354 e. The fourth-order valence-corrected chi connectivity index (χ4v) is 2.91. The molecular weight excluding hydrogens is 310 g/mol. The number of benzene rings is 1. The average Bonchev–Trinajstić information content (AvgIpc) is 3.24. The third kappa shape index (κ3) is 3.72. The highest BCUT2D eigenvalue weighted by Gasteiger charge is 2.08. The molecule has 3 rings (SSSR count). The summed E-state index contributed by atoms with van der Waals surface area (Å²) >= 11 is 1.66. The maximum absolute atomic E-state index is 4.58. The molecule has 2 aromatic heterocycles. The van der Waals surface area contributed by atoms with Crippen LogP contribution in [-0.4, -0.2) is 39.3 Å². The molecule has 0 amide bonds. The molecule has 8 heteroatoms. The Morgan fingerprint density at radius 3 is 2.65 bits per heavy atom. The van der Waals surface area contributed by atoms with E-state index in [1.165, 1.54) is 5.56 Å². The Balaban J connectivity index is 1.60. The van der Waals surface area contributed by atoms with Crippen LogP contribution >= 0.6 is 11.3 Å². The Bertz CT molecular complexity index is 734. The van der Waals surface area contributed by atoms with Gasteiger partial charge in [-0.1, -0.05) is 12.1 Å². The minimum Gasteiger partial charge on any atom is -0.354 e. The summed E-state index contributed by atoms with van der Waals surface area (Å²) in [6.07, 6.45) is 1.58. The number of nitrogens with one attached hydrogen (secondary N) is 1. The number of nitrogens with zero attached hydrogens (tertiary/aromatic N) is 6. The van der Waals surface area contributed by atoms with Gasteiger partial charge in [0.2, 0.25) is 0 Å². The van der Waals surface area contributed by atoms with Crippen LogP contribution in [0.4, 0.5) is 5.13 Å². The van der Waals surface area contributed by atoms with Crippen LogP contribution in [0.1, 0.15) is 24.2 Å². The molecule has 0 aliphatic rings. The lowest BCUT2D eigenvalue weighted by Crippen LogP contribution is -2.18. The van der Waals surface area contributed by atoms with Gasteiger partial charge in [0.1, 0.15) is 6.33 Å². The molecule has 7 nitrogen and oxygen atoms in total. The molecule has 1 unspecified atom stereocenters. The number of hydrogen-bond donors (Lipinski definition) is 1. The van der Waals surface area contributed by atoms with Crippen molar-refractivity contribution in [3.05, 3.63) is 47.2 Å².